The summed E-state index contributed by atoms with van der Waals surface area (Å²) in [6.07, 6.45) is 1.95. The lowest BCUT2D eigenvalue weighted by atomic mass is 9.87. The average Bonchev–Trinajstić information content (AvgIpc) is 3.07. The van der Waals surface area contributed by atoms with Crippen molar-refractivity contribution in [2.24, 2.45) is 4.99 Å². The molecule has 1 fully saturated rings. The van der Waals surface area contributed by atoms with E-state index in [-0.39, 0.29) is 12.0 Å². The number of aliphatic hydroxyl groups is 1. The Bertz CT molecular complexity index is 876. The van der Waals surface area contributed by atoms with Gasteiger partial charge in [0.2, 0.25) is 5.78 Å². The Labute approximate surface area is 136 Å². The number of fused-ring (bicyclic) bond motifs is 2. The van der Waals surface area contributed by atoms with Gasteiger partial charge in [-0.05, 0) is 31.5 Å². The van der Waals surface area contributed by atoms with E-state index in [0.29, 0.717) is 23.6 Å². The third-order valence-electron chi connectivity index (χ3n) is 4.32. The summed E-state index contributed by atoms with van der Waals surface area (Å²) in [5, 5.41) is 12.6. The Morgan fingerprint density at radius 2 is 2.17 bits per heavy atom. The van der Waals surface area contributed by atoms with Gasteiger partial charge < -0.3 is 10.0 Å². The van der Waals surface area contributed by atoms with E-state index in [9.17, 15) is 14.3 Å². The van der Waals surface area contributed by atoms with Crippen LogP contribution in [0.15, 0.2) is 23.3 Å². The number of halogens is 1. The molecular formula is C16H14FN3O2S. The highest BCUT2D eigenvalue weighted by atomic mass is 32.1. The van der Waals surface area contributed by atoms with E-state index in [2.05, 4.69) is 9.98 Å². The van der Waals surface area contributed by atoms with Crippen LogP contribution in [-0.2, 0) is 0 Å². The van der Waals surface area contributed by atoms with Crippen LogP contribution in [-0.4, -0.2) is 33.9 Å². The summed E-state index contributed by atoms with van der Waals surface area (Å²) >= 11 is 1.48. The van der Waals surface area contributed by atoms with Crippen LogP contribution < -0.4 is 4.90 Å². The molecule has 1 aromatic heterocycles. The largest absolute Gasteiger partial charge is 0.374 e. The second-order valence-electron chi connectivity index (χ2n) is 5.86. The van der Waals surface area contributed by atoms with Crippen molar-refractivity contribution in [2.45, 2.75) is 25.9 Å². The number of carbonyl (C=O) groups excluding carboxylic acids is 1. The molecule has 1 atom stereocenters. The predicted octanol–water partition coefficient (Wildman–Crippen LogP) is 2.77. The lowest BCUT2D eigenvalue weighted by Gasteiger charge is -2.29. The van der Waals surface area contributed by atoms with Crippen molar-refractivity contribution in [2.75, 3.05) is 11.4 Å². The third-order valence-corrected chi connectivity index (χ3v) is 5.26. The number of amidine groups is 1. The summed E-state index contributed by atoms with van der Waals surface area (Å²) in [7, 11) is 0. The predicted molar refractivity (Wildman–Crippen MR) is 86.3 cm³/mol. The summed E-state index contributed by atoms with van der Waals surface area (Å²) in [6, 6.07) is 2.72. The van der Waals surface area contributed by atoms with E-state index in [4.69, 9.17) is 0 Å². The number of benzene rings is 1. The second kappa shape index (κ2) is 4.69. The van der Waals surface area contributed by atoms with E-state index in [1.807, 2.05) is 11.8 Å². The van der Waals surface area contributed by atoms with Crippen molar-refractivity contribution in [3.8, 4) is 0 Å². The minimum Gasteiger partial charge on any atom is -0.374 e. The smallest absolute Gasteiger partial charge is 0.204 e. The fourth-order valence-electron chi connectivity index (χ4n) is 3.05. The maximum atomic E-state index is 13.8. The average molecular weight is 331 g/mol. The lowest BCUT2D eigenvalue weighted by molar-refractivity contribution is 0.0601. The third kappa shape index (κ3) is 1.96. The number of rotatable bonds is 1. The quantitative estimate of drug-likeness (QED) is 0.873. The van der Waals surface area contributed by atoms with Crippen LogP contribution in [0.3, 0.4) is 0 Å². The van der Waals surface area contributed by atoms with Gasteiger partial charge in [-0.25, -0.2) is 14.4 Å². The molecule has 118 valence electrons. The molecule has 7 heteroatoms. The van der Waals surface area contributed by atoms with Gasteiger partial charge >= 0.3 is 0 Å². The number of aliphatic imine (C=N–C) groups is 1. The minimum atomic E-state index is -1.69. The Morgan fingerprint density at radius 1 is 1.39 bits per heavy atom. The van der Waals surface area contributed by atoms with E-state index in [1.54, 1.807) is 19.2 Å². The van der Waals surface area contributed by atoms with Crippen LogP contribution in [0.25, 0.3) is 0 Å². The Kier molecular flexibility index (Phi) is 2.95. The molecule has 0 radical (unpaired) electrons. The molecule has 0 bridgehead atoms. The Balaban J connectivity index is 1.89. The molecule has 5 nitrogen and oxygen atoms in total. The highest BCUT2D eigenvalue weighted by Crippen LogP contribution is 2.41. The monoisotopic (exact) mass is 331 g/mol. The summed E-state index contributed by atoms with van der Waals surface area (Å²) in [5.74, 6) is -0.642. The first kappa shape index (κ1) is 14.5. The van der Waals surface area contributed by atoms with E-state index in [0.717, 1.165) is 10.0 Å². The van der Waals surface area contributed by atoms with Gasteiger partial charge in [0, 0.05) is 18.5 Å². The van der Waals surface area contributed by atoms with Crippen LogP contribution in [0.1, 0.15) is 27.3 Å². The second-order valence-corrected chi connectivity index (χ2v) is 7.08. The Hall–Kier alpha value is -2.12. The number of aryl methyl sites for hydroxylation is 2. The zero-order chi connectivity index (χ0) is 16.4. The van der Waals surface area contributed by atoms with Crippen molar-refractivity contribution < 1.29 is 14.3 Å². The van der Waals surface area contributed by atoms with Crippen molar-refractivity contribution in [1.82, 2.24) is 4.98 Å². The molecule has 3 heterocycles. The number of Topliss-reactive ketones (excluding diaryl/α,β-unsaturated/α-hetero) is 1. The number of aromatic nitrogens is 1. The van der Waals surface area contributed by atoms with Crippen LogP contribution in [0.2, 0.25) is 0 Å². The normalized spacial score (nSPS) is 22.9. The van der Waals surface area contributed by atoms with Gasteiger partial charge in [-0.1, -0.05) is 0 Å². The van der Waals surface area contributed by atoms with Gasteiger partial charge in [0.05, 0.1) is 16.9 Å². The maximum Gasteiger partial charge on any atom is 0.204 e. The standard InChI is InChI=1S/C16H14FN3O2S/c1-8-5-12-10(6-11(8)17)14(21)16(22)3-4-20(15(16)19-12)13-7-18-9(2)23-13/h5-7,22H,3-4H2,1-2H3/t16-/m1/s1. The molecule has 4 rings (SSSR count). The highest BCUT2D eigenvalue weighted by Gasteiger charge is 2.52. The molecule has 0 spiro atoms. The van der Waals surface area contributed by atoms with Crippen LogP contribution in [0.5, 0.6) is 0 Å². The van der Waals surface area contributed by atoms with E-state index >= 15 is 0 Å². The van der Waals surface area contributed by atoms with E-state index < -0.39 is 17.2 Å². The number of nitrogens with zero attached hydrogens (tertiary/aromatic N) is 3. The van der Waals surface area contributed by atoms with Crippen LogP contribution in [0, 0.1) is 19.7 Å². The molecule has 1 N–H and O–H groups in total. The van der Waals surface area contributed by atoms with E-state index in [1.165, 1.54) is 17.4 Å². The van der Waals surface area contributed by atoms with Gasteiger partial charge in [0.15, 0.2) is 11.4 Å². The van der Waals surface area contributed by atoms with Crippen molar-refractivity contribution in [1.29, 1.82) is 0 Å². The van der Waals surface area contributed by atoms with Crippen molar-refractivity contribution in [3.05, 3.63) is 40.3 Å². The molecule has 0 aliphatic carbocycles. The lowest BCUT2D eigenvalue weighted by Crippen LogP contribution is -2.48. The summed E-state index contributed by atoms with van der Waals surface area (Å²) in [6.45, 7) is 3.99. The number of carbonyl (C=O) groups is 1. The maximum absolute atomic E-state index is 13.8. The zero-order valence-corrected chi connectivity index (χ0v) is 13.4. The summed E-state index contributed by atoms with van der Waals surface area (Å²) in [4.78, 5) is 23.3. The first-order chi connectivity index (χ1) is 10.9. The number of hydrogen-bond acceptors (Lipinski definition) is 6. The molecule has 0 saturated carbocycles. The van der Waals surface area contributed by atoms with Gasteiger partial charge in [-0.3, -0.25) is 4.79 Å². The Morgan fingerprint density at radius 3 is 2.87 bits per heavy atom. The van der Waals surface area contributed by atoms with Crippen LogP contribution >= 0.6 is 11.3 Å². The molecule has 1 saturated heterocycles. The molecule has 1 aromatic carbocycles. The number of ketones is 1. The first-order valence-corrected chi connectivity index (χ1v) is 8.08. The zero-order valence-electron chi connectivity index (χ0n) is 12.6. The topological polar surface area (TPSA) is 65.8 Å². The molecular weight excluding hydrogens is 317 g/mol. The van der Waals surface area contributed by atoms with Gasteiger partial charge in [0.1, 0.15) is 10.8 Å². The fraction of sp³-hybridized carbons (Fsp3) is 0.312. The molecule has 2 aliphatic heterocycles. The molecule has 2 aliphatic rings. The fourth-order valence-corrected chi connectivity index (χ4v) is 3.85. The van der Waals surface area contributed by atoms with Gasteiger partial charge in [-0.2, -0.15) is 0 Å². The number of hydrogen-bond donors (Lipinski definition) is 1. The SMILES string of the molecule is Cc1ncc(N2CC[C@@]3(O)C(=O)c4cc(F)c(C)cc4N=C23)s1. The summed E-state index contributed by atoms with van der Waals surface area (Å²) < 4.78 is 13.8. The highest BCUT2D eigenvalue weighted by molar-refractivity contribution is 7.15. The summed E-state index contributed by atoms with van der Waals surface area (Å²) in [5.41, 5.74) is -0.722. The minimum absolute atomic E-state index is 0.140. The van der Waals surface area contributed by atoms with Crippen molar-refractivity contribution >= 4 is 33.6 Å². The number of thiazole rings is 1. The van der Waals surface area contributed by atoms with Gasteiger partial charge in [0.25, 0.3) is 0 Å². The first-order valence-electron chi connectivity index (χ1n) is 7.26. The molecule has 2 aromatic rings. The van der Waals surface area contributed by atoms with Crippen molar-refractivity contribution in [3.63, 3.8) is 0 Å². The molecule has 0 unspecified atom stereocenters. The molecule has 23 heavy (non-hydrogen) atoms. The molecule has 0 amide bonds. The van der Waals surface area contributed by atoms with Crippen LogP contribution in [0.4, 0.5) is 15.1 Å². The number of anilines is 1. The van der Waals surface area contributed by atoms with Gasteiger partial charge in [-0.15, -0.1) is 11.3 Å².